The fraction of sp³-hybridized carbons (Fsp3) is 0.571. The van der Waals surface area contributed by atoms with Gasteiger partial charge in [-0.1, -0.05) is 31.1 Å². The molecule has 0 unspecified atom stereocenters. The molecule has 2 aliphatic heterocycles. The molecule has 5 amide bonds. The van der Waals surface area contributed by atoms with Gasteiger partial charge in [0.1, 0.15) is 23.2 Å². The van der Waals surface area contributed by atoms with Gasteiger partial charge in [-0.15, -0.1) is 0 Å². The molecular weight excluding hydrogens is 664 g/mol. The maximum absolute atomic E-state index is 14.3. The molecule has 0 radical (unpaired) electrons. The number of H-pyrrole nitrogens is 1. The number of nitrogens with zero attached hydrogens (tertiary/aromatic N) is 1. The molecule has 50 heavy (non-hydrogen) atoms. The highest BCUT2D eigenvalue weighted by Crippen LogP contribution is 2.46. The first kappa shape index (κ1) is 35.4. The lowest BCUT2D eigenvalue weighted by molar-refractivity contribution is -0.141. The van der Waals surface area contributed by atoms with Crippen LogP contribution in [0, 0.1) is 5.92 Å². The van der Waals surface area contributed by atoms with Crippen LogP contribution in [0.25, 0.3) is 10.9 Å². The van der Waals surface area contributed by atoms with Crippen LogP contribution in [0.4, 0.5) is 4.79 Å². The average molecular weight is 711 g/mol. The van der Waals surface area contributed by atoms with E-state index in [9.17, 15) is 32.4 Å². The zero-order chi connectivity index (χ0) is 35.8. The Morgan fingerprint density at radius 2 is 1.80 bits per heavy atom. The standard InChI is InChI=1S/C35H46N6O8S/c1-34(2,3)49-33(46)38-26-10-8-6-4-5-7-9-23-19-35(23,32(45)40-50(47,48)25-13-14-25)39-30(43)28-18-24(20-41(28)31(26)44)37-29(42)22-12-11-21-15-16-36-27(21)17-22/h7,9,11-12,15-17,23-26,28,36H,4-6,8,10,13-14,18-20H2,1-3H3,(H,37,42)(H,38,46)(H,39,43)(H,40,45)/b9-7-/t23-,24+,26-,28-,35+/m0/s1. The van der Waals surface area contributed by atoms with Gasteiger partial charge in [0.25, 0.3) is 11.8 Å². The number of rotatable bonds is 6. The fourth-order valence-corrected chi connectivity index (χ4v) is 8.18. The number of aromatic nitrogens is 1. The minimum Gasteiger partial charge on any atom is -0.444 e. The van der Waals surface area contributed by atoms with E-state index in [0.717, 1.165) is 23.7 Å². The van der Waals surface area contributed by atoms with Crippen molar-refractivity contribution in [1.29, 1.82) is 0 Å². The fourth-order valence-electron chi connectivity index (χ4n) is 6.81. The number of aromatic amines is 1. The third-order valence-electron chi connectivity index (χ3n) is 9.72. The molecule has 270 valence electrons. The number of allylic oxidation sites excluding steroid dienone is 1. The van der Waals surface area contributed by atoms with Gasteiger partial charge in [0.2, 0.25) is 21.8 Å². The molecule has 1 aromatic carbocycles. The van der Waals surface area contributed by atoms with E-state index in [-0.39, 0.29) is 25.3 Å². The summed E-state index contributed by atoms with van der Waals surface area (Å²) in [6, 6.07) is 4.34. The van der Waals surface area contributed by atoms with Gasteiger partial charge in [0, 0.05) is 35.8 Å². The van der Waals surface area contributed by atoms with Crippen LogP contribution >= 0.6 is 0 Å². The summed E-state index contributed by atoms with van der Waals surface area (Å²) in [6.45, 7) is 5.12. The van der Waals surface area contributed by atoms with Crippen molar-refractivity contribution >= 4 is 50.6 Å². The molecule has 15 heteroatoms. The van der Waals surface area contributed by atoms with E-state index < -0.39 is 74.3 Å². The number of fused-ring (bicyclic) bond motifs is 3. The van der Waals surface area contributed by atoms with Gasteiger partial charge in [0.05, 0.1) is 5.25 Å². The normalized spacial score (nSPS) is 28.3. The number of hydrogen-bond acceptors (Lipinski definition) is 8. The number of alkyl carbamates (subject to hydrolysis) is 1. The number of nitrogens with one attached hydrogen (secondary N) is 5. The Morgan fingerprint density at radius 1 is 1.02 bits per heavy atom. The Bertz CT molecular complexity index is 1810. The lowest BCUT2D eigenvalue weighted by Crippen LogP contribution is -2.58. The molecule has 0 spiro atoms. The zero-order valence-corrected chi connectivity index (χ0v) is 29.4. The van der Waals surface area contributed by atoms with Gasteiger partial charge >= 0.3 is 6.09 Å². The molecule has 3 heterocycles. The molecule has 2 saturated carbocycles. The Morgan fingerprint density at radius 3 is 2.54 bits per heavy atom. The van der Waals surface area contributed by atoms with E-state index in [2.05, 4.69) is 25.7 Å². The van der Waals surface area contributed by atoms with Crippen LogP contribution in [-0.4, -0.2) is 89.1 Å². The molecule has 0 bridgehead atoms. The summed E-state index contributed by atoms with van der Waals surface area (Å²) in [7, 11) is -3.89. The first-order valence-corrected chi connectivity index (χ1v) is 18.9. The average Bonchev–Trinajstić information content (AvgIpc) is 3.92. The Hall–Kier alpha value is -4.40. The van der Waals surface area contributed by atoms with Crippen LogP contribution in [-0.2, 0) is 29.1 Å². The molecule has 2 aliphatic carbocycles. The van der Waals surface area contributed by atoms with E-state index in [1.54, 1.807) is 39.1 Å². The van der Waals surface area contributed by atoms with Crippen LogP contribution in [0.5, 0.6) is 0 Å². The van der Waals surface area contributed by atoms with Gasteiger partial charge in [-0.3, -0.25) is 23.9 Å². The van der Waals surface area contributed by atoms with Crippen LogP contribution in [0.2, 0.25) is 0 Å². The number of carbonyl (C=O) groups excluding carboxylic acids is 5. The van der Waals surface area contributed by atoms with Crippen molar-refractivity contribution in [2.75, 3.05) is 6.54 Å². The predicted octanol–water partition coefficient (Wildman–Crippen LogP) is 2.76. The predicted molar refractivity (Wildman–Crippen MR) is 184 cm³/mol. The first-order chi connectivity index (χ1) is 23.6. The number of benzene rings is 1. The summed E-state index contributed by atoms with van der Waals surface area (Å²) in [4.78, 5) is 72.8. The van der Waals surface area contributed by atoms with Crippen molar-refractivity contribution in [2.45, 2.75) is 113 Å². The van der Waals surface area contributed by atoms with Crippen molar-refractivity contribution in [2.24, 2.45) is 5.92 Å². The SMILES string of the molecule is CC(C)(C)OC(=O)N[C@H]1CCCCC/C=C\[C@H]2C[C@@]2(C(=O)NS(=O)(=O)C2CC2)NC(=O)[C@@H]2C[C@@H](NC(=O)c3ccc4cc[nH]c4c3)CN2C1=O. The second-order valence-corrected chi connectivity index (χ2v) is 16.9. The molecule has 14 nitrogen and oxygen atoms in total. The third-order valence-corrected chi connectivity index (χ3v) is 11.5. The van der Waals surface area contributed by atoms with Crippen LogP contribution in [0.15, 0.2) is 42.6 Å². The van der Waals surface area contributed by atoms with Gasteiger partial charge in [-0.2, -0.15) is 0 Å². The number of amides is 5. The number of ether oxygens (including phenoxy) is 1. The number of hydrogen-bond donors (Lipinski definition) is 5. The lowest BCUT2D eigenvalue weighted by atomic mass is 10.0. The molecule has 5 N–H and O–H groups in total. The van der Waals surface area contributed by atoms with E-state index in [1.165, 1.54) is 4.90 Å². The van der Waals surface area contributed by atoms with Gasteiger partial charge in [0.15, 0.2) is 0 Å². The van der Waals surface area contributed by atoms with Crippen LogP contribution in [0.1, 0.15) is 88.9 Å². The van der Waals surface area contributed by atoms with Crippen LogP contribution < -0.4 is 20.7 Å². The first-order valence-electron chi connectivity index (χ1n) is 17.4. The highest BCUT2D eigenvalue weighted by molar-refractivity contribution is 7.91. The minimum absolute atomic E-state index is 0.0293. The topological polar surface area (TPSA) is 196 Å². The summed E-state index contributed by atoms with van der Waals surface area (Å²) in [5.74, 6) is -2.79. The molecule has 4 aliphatic rings. The smallest absolute Gasteiger partial charge is 0.408 e. The van der Waals surface area contributed by atoms with Crippen molar-refractivity contribution < 1.29 is 37.1 Å². The molecule has 1 aromatic heterocycles. The summed E-state index contributed by atoms with van der Waals surface area (Å²) in [5.41, 5.74) is -1.14. The monoisotopic (exact) mass is 710 g/mol. The van der Waals surface area contributed by atoms with E-state index in [4.69, 9.17) is 4.74 Å². The lowest BCUT2D eigenvalue weighted by Gasteiger charge is -2.30. The number of carbonyl (C=O) groups is 5. The summed E-state index contributed by atoms with van der Waals surface area (Å²) < 4.78 is 33.1. The quantitative estimate of drug-likeness (QED) is 0.282. The molecule has 6 rings (SSSR count). The van der Waals surface area contributed by atoms with Gasteiger partial charge < -0.3 is 30.6 Å². The minimum atomic E-state index is -3.89. The van der Waals surface area contributed by atoms with Crippen LogP contribution in [0.3, 0.4) is 0 Å². The zero-order valence-electron chi connectivity index (χ0n) is 28.6. The van der Waals surface area contributed by atoms with Crippen molar-refractivity contribution in [3.8, 4) is 0 Å². The summed E-state index contributed by atoms with van der Waals surface area (Å²) in [5, 5.41) is 8.80. The van der Waals surface area contributed by atoms with Gasteiger partial charge in [-0.25, -0.2) is 13.2 Å². The highest BCUT2D eigenvalue weighted by Gasteiger charge is 2.62. The Kier molecular flexibility index (Phi) is 9.72. The van der Waals surface area contributed by atoms with E-state index >= 15 is 0 Å². The Labute approximate surface area is 291 Å². The molecule has 5 atom stereocenters. The number of sulfonamides is 1. The van der Waals surface area contributed by atoms with E-state index in [1.807, 2.05) is 24.3 Å². The van der Waals surface area contributed by atoms with E-state index in [0.29, 0.717) is 37.7 Å². The second-order valence-electron chi connectivity index (χ2n) is 14.9. The van der Waals surface area contributed by atoms with Gasteiger partial charge in [-0.05, 0) is 89.3 Å². The maximum Gasteiger partial charge on any atom is 0.408 e. The molecular formula is C35H46N6O8S. The largest absolute Gasteiger partial charge is 0.444 e. The summed E-state index contributed by atoms with van der Waals surface area (Å²) >= 11 is 0. The second kappa shape index (κ2) is 13.7. The van der Waals surface area contributed by atoms with Crippen molar-refractivity contribution in [3.63, 3.8) is 0 Å². The third kappa shape index (κ3) is 7.98. The maximum atomic E-state index is 14.3. The highest BCUT2D eigenvalue weighted by atomic mass is 32.2. The van der Waals surface area contributed by atoms with Crippen molar-refractivity contribution in [1.82, 2.24) is 30.6 Å². The van der Waals surface area contributed by atoms with Crippen molar-refractivity contribution in [3.05, 3.63) is 48.2 Å². The molecule has 1 saturated heterocycles. The summed E-state index contributed by atoms with van der Waals surface area (Å²) in [6.07, 6.45) is 9.09. The molecule has 2 aromatic rings. The Balaban J connectivity index is 1.27. The molecule has 3 fully saturated rings.